The summed E-state index contributed by atoms with van der Waals surface area (Å²) in [4.78, 5) is -0.111. The van der Waals surface area contributed by atoms with Crippen molar-refractivity contribution in [2.45, 2.75) is 17.7 Å². The lowest BCUT2D eigenvalue weighted by Crippen LogP contribution is -2.43. The van der Waals surface area contributed by atoms with E-state index in [9.17, 15) is 16.8 Å². The Kier molecular flexibility index (Phi) is 6.33. The van der Waals surface area contributed by atoms with Crippen molar-refractivity contribution in [3.63, 3.8) is 0 Å². The van der Waals surface area contributed by atoms with Crippen LogP contribution >= 0.6 is 23.2 Å². The van der Waals surface area contributed by atoms with Crippen molar-refractivity contribution in [1.29, 1.82) is 0 Å². The van der Waals surface area contributed by atoms with Gasteiger partial charge in [-0.3, -0.25) is 0 Å². The first-order valence-corrected chi connectivity index (χ1v) is 11.0. The second-order valence-electron chi connectivity index (χ2n) is 5.48. The molecule has 1 aliphatic rings. The van der Waals surface area contributed by atoms with Gasteiger partial charge in [0.2, 0.25) is 20.0 Å². The largest absolute Gasteiger partial charge is 0.246 e. The van der Waals surface area contributed by atoms with E-state index in [2.05, 4.69) is 11.3 Å². The molecular formula is C14H18Cl2N2O4S2. The van der Waals surface area contributed by atoms with Crippen molar-refractivity contribution in [2.75, 3.05) is 19.6 Å². The molecule has 1 aliphatic heterocycles. The third-order valence-electron chi connectivity index (χ3n) is 3.79. The molecule has 134 valence electrons. The van der Waals surface area contributed by atoms with Gasteiger partial charge >= 0.3 is 0 Å². The number of hydrogen-bond acceptors (Lipinski definition) is 4. The highest BCUT2D eigenvalue weighted by Crippen LogP contribution is 2.33. The van der Waals surface area contributed by atoms with Crippen molar-refractivity contribution in [2.24, 2.45) is 5.92 Å². The van der Waals surface area contributed by atoms with Gasteiger partial charge < -0.3 is 0 Å². The summed E-state index contributed by atoms with van der Waals surface area (Å²) in [5.41, 5.74) is 0. The van der Waals surface area contributed by atoms with Crippen molar-refractivity contribution in [3.05, 3.63) is 40.2 Å². The van der Waals surface area contributed by atoms with Gasteiger partial charge in [0.05, 0.1) is 10.0 Å². The lowest BCUT2D eigenvalue weighted by atomic mass is 10.0. The van der Waals surface area contributed by atoms with E-state index in [1.165, 1.54) is 16.4 Å². The van der Waals surface area contributed by atoms with Gasteiger partial charge in [-0.25, -0.2) is 21.6 Å². The Labute approximate surface area is 152 Å². The van der Waals surface area contributed by atoms with Crippen LogP contribution in [0.3, 0.4) is 0 Å². The maximum Gasteiger partial charge on any atom is 0.246 e. The number of benzene rings is 1. The molecule has 2 rings (SSSR count). The zero-order valence-electron chi connectivity index (χ0n) is 12.8. The van der Waals surface area contributed by atoms with E-state index in [1.807, 2.05) is 0 Å². The van der Waals surface area contributed by atoms with Crippen molar-refractivity contribution in [1.82, 2.24) is 9.03 Å². The first-order valence-electron chi connectivity index (χ1n) is 7.23. The molecule has 1 N–H and O–H groups in total. The Morgan fingerprint density at radius 1 is 1.25 bits per heavy atom. The number of nitrogens with zero attached hydrogens (tertiary/aromatic N) is 1. The molecule has 6 nitrogen and oxygen atoms in total. The van der Waals surface area contributed by atoms with E-state index < -0.39 is 20.0 Å². The molecule has 0 bridgehead atoms. The van der Waals surface area contributed by atoms with Crippen LogP contribution in [-0.2, 0) is 20.0 Å². The van der Waals surface area contributed by atoms with Gasteiger partial charge in [0.15, 0.2) is 0 Å². The van der Waals surface area contributed by atoms with Crippen LogP contribution in [0.5, 0.6) is 0 Å². The van der Waals surface area contributed by atoms with Crippen LogP contribution in [0.2, 0.25) is 10.0 Å². The van der Waals surface area contributed by atoms with Crippen LogP contribution in [0.4, 0.5) is 0 Å². The van der Waals surface area contributed by atoms with Crippen molar-refractivity contribution in [3.8, 4) is 0 Å². The molecule has 0 aromatic heterocycles. The lowest BCUT2D eigenvalue weighted by Gasteiger charge is -2.32. The highest BCUT2D eigenvalue weighted by Gasteiger charge is 2.33. The van der Waals surface area contributed by atoms with E-state index in [4.69, 9.17) is 23.2 Å². The molecule has 1 saturated heterocycles. The number of halogens is 2. The second kappa shape index (κ2) is 7.72. The molecule has 1 atom stereocenters. The molecule has 0 aliphatic carbocycles. The van der Waals surface area contributed by atoms with E-state index in [-0.39, 0.29) is 33.9 Å². The fourth-order valence-electron chi connectivity index (χ4n) is 2.56. The van der Waals surface area contributed by atoms with Crippen molar-refractivity contribution >= 4 is 43.2 Å². The van der Waals surface area contributed by atoms with Gasteiger partial charge in [0, 0.05) is 25.0 Å². The average Bonchev–Trinajstić information content (AvgIpc) is 2.53. The standard InChI is InChI=1S/C14H18Cl2N2O4S2/c1-2-23(19,20)17-9-11-5-4-8-18(10-11)24(21,22)14-12(15)6-3-7-13(14)16/h2-3,6-7,11,17H,1,4-5,8-10H2/t11-/m1/s1. The van der Waals surface area contributed by atoms with E-state index >= 15 is 0 Å². The minimum atomic E-state index is -3.84. The molecule has 1 aromatic carbocycles. The Bertz CT molecular complexity index is 805. The Morgan fingerprint density at radius 2 is 1.88 bits per heavy atom. The normalized spacial score (nSPS) is 20.0. The first-order chi connectivity index (χ1) is 11.2. The van der Waals surface area contributed by atoms with Crippen LogP contribution in [0, 0.1) is 5.92 Å². The lowest BCUT2D eigenvalue weighted by molar-refractivity contribution is 0.267. The minimum absolute atomic E-state index is 0.0667. The Hall–Kier alpha value is -0.640. The first kappa shape index (κ1) is 19.7. The fourth-order valence-corrected chi connectivity index (χ4v) is 5.79. The Balaban J connectivity index is 2.18. The Morgan fingerprint density at radius 3 is 2.46 bits per heavy atom. The SMILES string of the molecule is C=CS(=O)(=O)NC[C@H]1CCCN(S(=O)(=O)c2c(Cl)cccc2Cl)C1. The van der Waals surface area contributed by atoms with Gasteiger partial charge in [-0.05, 0) is 30.9 Å². The molecule has 24 heavy (non-hydrogen) atoms. The summed E-state index contributed by atoms with van der Waals surface area (Å²) in [6, 6.07) is 4.52. The summed E-state index contributed by atoms with van der Waals surface area (Å²) in [6.07, 6.45) is 1.35. The van der Waals surface area contributed by atoms with Crippen molar-refractivity contribution < 1.29 is 16.8 Å². The molecule has 0 saturated carbocycles. The van der Waals surface area contributed by atoms with E-state index in [0.717, 1.165) is 11.8 Å². The molecule has 0 unspecified atom stereocenters. The van der Waals surface area contributed by atoms with Gasteiger partial charge in [-0.1, -0.05) is 35.8 Å². The van der Waals surface area contributed by atoms with Gasteiger partial charge in [-0.2, -0.15) is 4.31 Å². The number of sulfonamides is 2. The van der Waals surface area contributed by atoms with Crippen LogP contribution < -0.4 is 4.72 Å². The fraction of sp³-hybridized carbons (Fsp3) is 0.429. The molecule has 10 heteroatoms. The molecule has 0 radical (unpaired) electrons. The van der Waals surface area contributed by atoms with E-state index in [0.29, 0.717) is 13.0 Å². The average molecular weight is 413 g/mol. The predicted octanol–water partition coefficient (Wildman–Crippen LogP) is 2.46. The van der Waals surface area contributed by atoms with Crippen LogP contribution in [-0.4, -0.2) is 40.8 Å². The zero-order valence-corrected chi connectivity index (χ0v) is 15.9. The number of piperidine rings is 1. The summed E-state index contributed by atoms with van der Waals surface area (Å²) in [5, 5.41) is 0.961. The summed E-state index contributed by atoms with van der Waals surface area (Å²) in [6.45, 7) is 3.91. The summed E-state index contributed by atoms with van der Waals surface area (Å²) < 4.78 is 52.2. The second-order valence-corrected chi connectivity index (χ2v) is 9.88. The van der Waals surface area contributed by atoms with Gasteiger partial charge in [-0.15, -0.1) is 0 Å². The summed E-state index contributed by atoms with van der Waals surface area (Å²) in [5.74, 6) is -0.135. The highest BCUT2D eigenvalue weighted by atomic mass is 35.5. The predicted molar refractivity (Wildman–Crippen MR) is 95.1 cm³/mol. The molecule has 0 amide bonds. The van der Waals surface area contributed by atoms with E-state index in [1.54, 1.807) is 6.07 Å². The molecule has 1 heterocycles. The number of hydrogen-bond donors (Lipinski definition) is 1. The van der Waals surface area contributed by atoms with Gasteiger partial charge in [0.25, 0.3) is 0 Å². The molecular weight excluding hydrogens is 395 g/mol. The molecule has 0 spiro atoms. The summed E-state index contributed by atoms with van der Waals surface area (Å²) in [7, 11) is -7.38. The summed E-state index contributed by atoms with van der Waals surface area (Å²) >= 11 is 12.0. The maximum absolute atomic E-state index is 12.8. The molecule has 1 aromatic rings. The third-order valence-corrected chi connectivity index (χ3v) is 7.62. The van der Waals surface area contributed by atoms with Crippen LogP contribution in [0.25, 0.3) is 0 Å². The number of rotatable bonds is 6. The number of nitrogens with one attached hydrogen (secondary N) is 1. The highest BCUT2D eigenvalue weighted by molar-refractivity contribution is 7.92. The smallest absolute Gasteiger partial charge is 0.211 e. The molecule has 1 fully saturated rings. The topological polar surface area (TPSA) is 83.6 Å². The van der Waals surface area contributed by atoms with Gasteiger partial charge in [0.1, 0.15) is 4.90 Å². The third kappa shape index (κ3) is 4.50. The maximum atomic E-state index is 12.8. The quantitative estimate of drug-likeness (QED) is 0.777. The zero-order chi connectivity index (χ0) is 18.0. The minimum Gasteiger partial charge on any atom is -0.211 e. The van der Waals surface area contributed by atoms with Crippen LogP contribution in [0.1, 0.15) is 12.8 Å². The monoisotopic (exact) mass is 412 g/mol. The van der Waals surface area contributed by atoms with Crippen LogP contribution in [0.15, 0.2) is 35.1 Å².